The Bertz CT molecular complexity index is 323. The molecular formula is C11H22N4O2. The summed E-state index contributed by atoms with van der Waals surface area (Å²) in [6.45, 7) is 5.52. The molecule has 0 saturated heterocycles. The SMILES string of the molecule is CCC(C)(CO)NCc1cn(CCCO)nn1. The smallest absolute Gasteiger partial charge is 0.0965 e. The lowest BCUT2D eigenvalue weighted by molar-refractivity contribution is 0.168. The molecule has 0 fully saturated rings. The van der Waals surface area contributed by atoms with Gasteiger partial charge in [-0.1, -0.05) is 12.1 Å². The average molecular weight is 242 g/mol. The zero-order chi connectivity index (χ0) is 12.7. The summed E-state index contributed by atoms with van der Waals surface area (Å²) in [6.07, 6.45) is 3.39. The van der Waals surface area contributed by atoms with Gasteiger partial charge in [0.15, 0.2) is 0 Å². The van der Waals surface area contributed by atoms with Gasteiger partial charge in [-0.2, -0.15) is 0 Å². The highest BCUT2D eigenvalue weighted by molar-refractivity contribution is 4.94. The summed E-state index contributed by atoms with van der Waals surface area (Å²) in [5.41, 5.74) is 0.575. The zero-order valence-electron chi connectivity index (χ0n) is 10.6. The van der Waals surface area contributed by atoms with Crippen molar-refractivity contribution in [1.82, 2.24) is 20.3 Å². The van der Waals surface area contributed by atoms with Crippen LogP contribution in [-0.4, -0.2) is 44.0 Å². The van der Waals surface area contributed by atoms with E-state index in [9.17, 15) is 5.11 Å². The van der Waals surface area contributed by atoms with Gasteiger partial charge in [-0.25, -0.2) is 0 Å². The van der Waals surface area contributed by atoms with Crippen molar-refractivity contribution in [3.8, 4) is 0 Å². The number of aryl methyl sites for hydroxylation is 1. The van der Waals surface area contributed by atoms with Crippen molar-refractivity contribution >= 4 is 0 Å². The van der Waals surface area contributed by atoms with Gasteiger partial charge >= 0.3 is 0 Å². The van der Waals surface area contributed by atoms with Gasteiger partial charge in [0.1, 0.15) is 0 Å². The van der Waals surface area contributed by atoms with E-state index in [-0.39, 0.29) is 18.8 Å². The van der Waals surface area contributed by atoms with E-state index in [4.69, 9.17) is 5.11 Å². The van der Waals surface area contributed by atoms with E-state index in [1.54, 1.807) is 4.68 Å². The molecule has 0 amide bonds. The summed E-state index contributed by atoms with van der Waals surface area (Å²) < 4.78 is 1.72. The molecule has 17 heavy (non-hydrogen) atoms. The maximum atomic E-state index is 9.25. The Morgan fingerprint density at radius 3 is 2.82 bits per heavy atom. The van der Waals surface area contributed by atoms with Gasteiger partial charge in [-0.05, 0) is 19.8 Å². The van der Waals surface area contributed by atoms with Gasteiger partial charge in [0.05, 0.1) is 12.3 Å². The average Bonchev–Trinajstić information content (AvgIpc) is 2.81. The highest BCUT2D eigenvalue weighted by Gasteiger charge is 2.20. The fraction of sp³-hybridized carbons (Fsp3) is 0.818. The highest BCUT2D eigenvalue weighted by atomic mass is 16.3. The second-order valence-corrected chi connectivity index (χ2v) is 4.48. The Morgan fingerprint density at radius 1 is 1.47 bits per heavy atom. The summed E-state index contributed by atoms with van der Waals surface area (Å²) in [5, 5.41) is 29.2. The first-order valence-corrected chi connectivity index (χ1v) is 5.99. The molecule has 0 spiro atoms. The Kier molecular flexibility index (Phi) is 5.54. The van der Waals surface area contributed by atoms with Gasteiger partial charge < -0.3 is 15.5 Å². The third-order valence-electron chi connectivity index (χ3n) is 2.96. The molecule has 0 radical (unpaired) electrons. The minimum absolute atomic E-state index is 0.0994. The fourth-order valence-corrected chi connectivity index (χ4v) is 1.36. The van der Waals surface area contributed by atoms with E-state index < -0.39 is 0 Å². The lowest BCUT2D eigenvalue weighted by atomic mass is 10.0. The molecule has 0 aromatic carbocycles. The third-order valence-corrected chi connectivity index (χ3v) is 2.96. The third kappa shape index (κ3) is 4.41. The van der Waals surface area contributed by atoms with Crippen molar-refractivity contribution in [3.63, 3.8) is 0 Å². The van der Waals surface area contributed by atoms with Gasteiger partial charge in [0.2, 0.25) is 0 Å². The summed E-state index contributed by atoms with van der Waals surface area (Å²) in [4.78, 5) is 0. The van der Waals surface area contributed by atoms with E-state index in [0.717, 1.165) is 12.1 Å². The number of rotatable bonds is 8. The van der Waals surface area contributed by atoms with Gasteiger partial charge in [0.25, 0.3) is 0 Å². The Balaban J connectivity index is 2.44. The molecule has 1 unspecified atom stereocenters. The summed E-state index contributed by atoms with van der Waals surface area (Å²) in [5.74, 6) is 0. The topological polar surface area (TPSA) is 83.2 Å². The zero-order valence-corrected chi connectivity index (χ0v) is 10.6. The van der Waals surface area contributed by atoms with Gasteiger partial charge in [-0.3, -0.25) is 4.68 Å². The lowest BCUT2D eigenvalue weighted by Crippen LogP contribution is -2.44. The molecule has 1 atom stereocenters. The molecule has 6 heteroatoms. The Labute approximate surface area is 102 Å². The number of nitrogens with one attached hydrogen (secondary N) is 1. The van der Waals surface area contributed by atoms with Crippen LogP contribution >= 0.6 is 0 Å². The molecule has 1 heterocycles. The summed E-state index contributed by atoms with van der Waals surface area (Å²) >= 11 is 0. The Hall–Kier alpha value is -0.980. The first-order valence-electron chi connectivity index (χ1n) is 5.99. The van der Waals surface area contributed by atoms with Crippen LogP contribution in [0.4, 0.5) is 0 Å². The Morgan fingerprint density at radius 2 is 2.24 bits per heavy atom. The van der Waals surface area contributed by atoms with Crippen LogP contribution in [0.25, 0.3) is 0 Å². The van der Waals surface area contributed by atoms with Crippen LogP contribution in [0.1, 0.15) is 32.4 Å². The van der Waals surface area contributed by atoms with Crippen LogP contribution in [0, 0.1) is 0 Å². The highest BCUT2D eigenvalue weighted by Crippen LogP contribution is 2.08. The van der Waals surface area contributed by atoms with Crippen molar-refractivity contribution in [3.05, 3.63) is 11.9 Å². The van der Waals surface area contributed by atoms with Crippen molar-refractivity contribution in [1.29, 1.82) is 0 Å². The molecule has 98 valence electrons. The number of aliphatic hydroxyl groups is 2. The molecule has 0 aliphatic rings. The number of aromatic nitrogens is 3. The van der Waals surface area contributed by atoms with Gasteiger partial charge in [0, 0.05) is 31.4 Å². The maximum Gasteiger partial charge on any atom is 0.0965 e. The largest absolute Gasteiger partial charge is 0.396 e. The standard InChI is InChI=1S/C11H22N4O2/c1-3-11(2,9-17)12-7-10-8-15(14-13-10)5-4-6-16/h8,12,16-17H,3-7,9H2,1-2H3. The lowest BCUT2D eigenvalue weighted by Gasteiger charge is -2.26. The minimum atomic E-state index is -0.269. The van der Waals surface area contributed by atoms with E-state index >= 15 is 0 Å². The minimum Gasteiger partial charge on any atom is -0.396 e. The van der Waals surface area contributed by atoms with Crippen LogP contribution < -0.4 is 5.32 Å². The van der Waals surface area contributed by atoms with Gasteiger partial charge in [-0.15, -0.1) is 5.10 Å². The number of hydrogen-bond donors (Lipinski definition) is 3. The second-order valence-electron chi connectivity index (χ2n) is 4.48. The molecule has 0 saturated carbocycles. The predicted molar refractivity (Wildman–Crippen MR) is 64.3 cm³/mol. The van der Waals surface area contributed by atoms with Crippen LogP contribution in [-0.2, 0) is 13.1 Å². The van der Waals surface area contributed by atoms with Crippen LogP contribution in [0.15, 0.2) is 6.20 Å². The molecule has 1 aromatic heterocycles. The van der Waals surface area contributed by atoms with Crippen molar-refractivity contribution < 1.29 is 10.2 Å². The summed E-state index contributed by atoms with van der Waals surface area (Å²) in [6, 6.07) is 0. The van der Waals surface area contributed by atoms with E-state index in [2.05, 4.69) is 15.6 Å². The fourth-order valence-electron chi connectivity index (χ4n) is 1.36. The molecule has 6 nitrogen and oxygen atoms in total. The molecule has 0 bridgehead atoms. The molecule has 1 rings (SSSR count). The number of nitrogens with zero attached hydrogens (tertiary/aromatic N) is 3. The van der Waals surface area contributed by atoms with Crippen LogP contribution in [0.5, 0.6) is 0 Å². The van der Waals surface area contributed by atoms with Crippen molar-refractivity contribution in [2.45, 2.75) is 45.3 Å². The molecule has 0 aliphatic carbocycles. The van der Waals surface area contributed by atoms with Crippen molar-refractivity contribution in [2.24, 2.45) is 0 Å². The first kappa shape index (κ1) is 14.1. The normalized spacial score (nSPS) is 14.8. The second kappa shape index (κ2) is 6.68. The molecular weight excluding hydrogens is 220 g/mol. The van der Waals surface area contributed by atoms with Crippen LogP contribution in [0.2, 0.25) is 0 Å². The monoisotopic (exact) mass is 242 g/mol. The molecule has 1 aromatic rings. The molecule has 3 N–H and O–H groups in total. The quantitative estimate of drug-likeness (QED) is 0.593. The van der Waals surface area contributed by atoms with E-state index in [0.29, 0.717) is 19.5 Å². The molecule has 0 aliphatic heterocycles. The van der Waals surface area contributed by atoms with E-state index in [1.165, 1.54) is 0 Å². The number of aliphatic hydroxyl groups excluding tert-OH is 2. The number of hydrogen-bond acceptors (Lipinski definition) is 5. The van der Waals surface area contributed by atoms with Crippen LogP contribution in [0.3, 0.4) is 0 Å². The summed E-state index contributed by atoms with van der Waals surface area (Å²) in [7, 11) is 0. The van der Waals surface area contributed by atoms with Crippen molar-refractivity contribution in [2.75, 3.05) is 13.2 Å². The maximum absolute atomic E-state index is 9.25. The first-order chi connectivity index (χ1) is 8.13. The predicted octanol–water partition coefficient (Wildman–Crippen LogP) is -0.0889. The van der Waals surface area contributed by atoms with E-state index in [1.807, 2.05) is 20.0 Å².